The van der Waals surface area contributed by atoms with E-state index in [1.165, 1.54) is 0 Å². The summed E-state index contributed by atoms with van der Waals surface area (Å²) in [4.78, 5) is 11.8. The number of hydrogen-bond acceptors (Lipinski definition) is 3. The fraction of sp³-hybridized carbons (Fsp3) is 0.462. The molecule has 20 heavy (non-hydrogen) atoms. The number of aliphatic hydroxyl groups is 1. The van der Waals surface area contributed by atoms with Crippen molar-refractivity contribution in [3.05, 3.63) is 29.1 Å². The van der Waals surface area contributed by atoms with Crippen LogP contribution in [0.4, 0.5) is 13.2 Å². The number of halogens is 3. The van der Waals surface area contributed by atoms with E-state index < -0.39 is 46.8 Å². The number of rotatable bonds is 2. The molecule has 0 spiro atoms. The number of carbonyl (C=O) groups excluding carboxylic acids is 1. The van der Waals surface area contributed by atoms with Crippen LogP contribution in [0.1, 0.15) is 36.0 Å². The second-order valence-electron chi connectivity index (χ2n) is 4.81. The van der Waals surface area contributed by atoms with E-state index in [4.69, 9.17) is 5.11 Å². The Morgan fingerprint density at radius 2 is 1.85 bits per heavy atom. The van der Waals surface area contributed by atoms with Crippen LogP contribution in [0.5, 0.6) is 5.75 Å². The molecule has 1 fully saturated rings. The minimum atomic E-state index is -1.74. The Morgan fingerprint density at radius 1 is 1.20 bits per heavy atom. The maximum absolute atomic E-state index is 13.6. The van der Waals surface area contributed by atoms with Crippen molar-refractivity contribution in [3.63, 3.8) is 0 Å². The molecule has 110 valence electrons. The molecule has 7 heteroatoms. The second kappa shape index (κ2) is 5.70. The average molecular weight is 289 g/mol. The first-order chi connectivity index (χ1) is 9.41. The molecule has 1 aromatic rings. The van der Waals surface area contributed by atoms with Gasteiger partial charge in [0.05, 0.1) is 17.7 Å². The topological polar surface area (TPSA) is 69.6 Å². The number of carbonyl (C=O) groups is 1. The minimum Gasteiger partial charge on any atom is -0.503 e. The minimum absolute atomic E-state index is 0.384. The molecular formula is C13H14F3NO3. The van der Waals surface area contributed by atoms with Crippen LogP contribution in [0.3, 0.4) is 0 Å². The maximum Gasteiger partial charge on any atom is 0.254 e. The van der Waals surface area contributed by atoms with Gasteiger partial charge >= 0.3 is 0 Å². The van der Waals surface area contributed by atoms with Crippen molar-refractivity contribution in [2.75, 3.05) is 0 Å². The lowest BCUT2D eigenvalue weighted by Gasteiger charge is -2.28. The average Bonchev–Trinajstić information content (AvgIpc) is 2.43. The van der Waals surface area contributed by atoms with Crippen molar-refractivity contribution in [1.29, 1.82) is 0 Å². The second-order valence-corrected chi connectivity index (χ2v) is 4.81. The molecule has 2 atom stereocenters. The molecule has 1 aromatic carbocycles. The number of phenols is 1. The third kappa shape index (κ3) is 2.72. The Morgan fingerprint density at radius 3 is 2.50 bits per heavy atom. The highest BCUT2D eigenvalue weighted by molar-refractivity contribution is 5.95. The number of aliphatic hydroxyl groups excluding tert-OH is 1. The van der Waals surface area contributed by atoms with Gasteiger partial charge in [-0.05, 0) is 18.9 Å². The van der Waals surface area contributed by atoms with Gasteiger partial charge in [-0.1, -0.05) is 12.8 Å². The van der Waals surface area contributed by atoms with Crippen LogP contribution in [-0.4, -0.2) is 28.3 Å². The van der Waals surface area contributed by atoms with Crippen molar-refractivity contribution < 1.29 is 28.2 Å². The van der Waals surface area contributed by atoms with E-state index in [0.717, 1.165) is 12.8 Å². The van der Waals surface area contributed by atoms with Gasteiger partial charge in [0.15, 0.2) is 17.4 Å². The smallest absolute Gasteiger partial charge is 0.254 e. The fourth-order valence-corrected chi connectivity index (χ4v) is 2.28. The van der Waals surface area contributed by atoms with Gasteiger partial charge in [0.25, 0.3) is 5.91 Å². The van der Waals surface area contributed by atoms with Crippen molar-refractivity contribution in [3.8, 4) is 5.75 Å². The van der Waals surface area contributed by atoms with Crippen LogP contribution in [-0.2, 0) is 0 Å². The zero-order valence-corrected chi connectivity index (χ0v) is 10.5. The zero-order valence-electron chi connectivity index (χ0n) is 10.5. The first-order valence-electron chi connectivity index (χ1n) is 6.27. The molecule has 1 aliphatic rings. The van der Waals surface area contributed by atoms with Gasteiger partial charge in [0, 0.05) is 0 Å². The summed E-state index contributed by atoms with van der Waals surface area (Å²) in [5, 5.41) is 21.1. The van der Waals surface area contributed by atoms with Gasteiger partial charge in [-0.15, -0.1) is 0 Å². The lowest BCUT2D eigenvalue weighted by atomic mass is 9.92. The molecule has 0 unspecified atom stereocenters. The number of aromatic hydroxyl groups is 1. The molecule has 4 nitrogen and oxygen atoms in total. The molecule has 0 aliphatic heterocycles. The molecular weight excluding hydrogens is 275 g/mol. The molecule has 3 N–H and O–H groups in total. The van der Waals surface area contributed by atoms with Crippen LogP contribution in [0.15, 0.2) is 6.07 Å². The molecule has 0 radical (unpaired) electrons. The van der Waals surface area contributed by atoms with E-state index in [9.17, 15) is 23.1 Å². The van der Waals surface area contributed by atoms with E-state index >= 15 is 0 Å². The SMILES string of the molecule is O=C(N[C@@H]1CCCC[C@H]1O)c1cc(F)c(F)c(O)c1F. The van der Waals surface area contributed by atoms with Crippen molar-refractivity contribution in [2.45, 2.75) is 37.8 Å². The van der Waals surface area contributed by atoms with Gasteiger partial charge in [-0.3, -0.25) is 4.79 Å². The van der Waals surface area contributed by atoms with E-state index in [1.807, 2.05) is 0 Å². The van der Waals surface area contributed by atoms with Crippen molar-refractivity contribution >= 4 is 5.91 Å². The van der Waals surface area contributed by atoms with Crippen molar-refractivity contribution in [1.82, 2.24) is 5.32 Å². The molecule has 0 aromatic heterocycles. The third-order valence-electron chi connectivity index (χ3n) is 3.42. The predicted octanol–water partition coefficient (Wildman–Crippen LogP) is 1.84. The largest absolute Gasteiger partial charge is 0.503 e. The van der Waals surface area contributed by atoms with Gasteiger partial charge < -0.3 is 15.5 Å². The lowest BCUT2D eigenvalue weighted by Crippen LogP contribution is -2.45. The molecule has 0 saturated heterocycles. The van der Waals surface area contributed by atoms with Crippen LogP contribution >= 0.6 is 0 Å². The summed E-state index contributed by atoms with van der Waals surface area (Å²) >= 11 is 0. The monoisotopic (exact) mass is 289 g/mol. The van der Waals surface area contributed by atoms with Crippen LogP contribution in [0.2, 0.25) is 0 Å². The van der Waals surface area contributed by atoms with E-state index in [0.29, 0.717) is 18.9 Å². The van der Waals surface area contributed by atoms with E-state index in [1.54, 1.807) is 0 Å². The Kier molecular flexibility index (Phi) is 4.17. The standard InChI is InChI=1S/C13H14F3NO3/c14-7-5-6(10(15)12(19)11(7)16)13(20)17-8-3-1-2-4-9(8)18/h5,8-9,18-19H,1-4H2,(H,17,20)/t8-,9-/m1/s1. The van der Waals surface area contributed by atoms with Gasteiger partial charge in [-0.2, -0.15) is 4.39 Å². The van der Waals surface area contributed by atoms with E-state index in [2.05, 4.69) is 5.32 Å². The maximum atomic E-state index is 13.6. The summed E-state index contributed by atoms with van der Waals surface area (Å²) in [7, 11) is 0. The highest BCUT2D eigenvalue weighted by Gasteiger charge is 2.28. The lowest BCUT2D eigenvalue weighted by molar-refractivity contribution is 0.0713. The Hall–Kier alpha value is -1.76. The summed E-state index contributed by atoms with van der Waals surface area (Å²) in [6.07, 6.45) is 1.90. The summed E-state index contributed by atoms with van der Waals surface area (Å²) in [6, 6.07) is -0.180. The highest BCUT2D eigenvalue weighted by atomic mass is 19.2. The van der Waals surface area contributed by atoms with E-state index in [-0.39, 0.29) is 0 Å². The Balaban J connectivity index is 2.21. The van der Waals surface area contributed by atoms with Crippen LogP contribution in [0, 0.1) is 17.5 Å². The molecule has 0 heterocycles. The summed E-state index contributed by atoms with van der Waals surface area (Å²) in [5.41, 5.74) is -0.792. The molecule has 1 aliphatic carbocycles. The highest BCUT2D eigenvalue weighted by Crippen LogP contribution is 2.26. The summed E-state index contributed by atoms with van der Waals surface area (Å²) < 4.78 is 39.6. The number of amides is 1. The van der Waals surface area contributed by atoms with Crippen LogP contribution in [0.25, 0.3) is 0 Å². The zero-order chi connectivity index (χ0) is 14.9. The summed E-state index contributed by atoms with van der Waals surface area (Å²) in [5.74, 6) is -7.30. The van der Waals surface area contributed by atoms with Crippen LogP contribution < -0.4 is 5.32 Å². The van der Waals surface area contributed by atoms with Gasteiger partial charge in [-0.25, -0.2) is 8.78 Å². The molecule has 2 rings (SSSR count). The normalized spacial score (nSPS) is 22.6. The van der Waals surface area contributed by atoms with Gasteiger partial charge in [0.2, 0.25) is 5.82 Å². The number of benzene rings is 1. The number of hydrogen-bond donors (Lipinski definition) is 3. The molecule has 0 bridgehead atoms. The Bertz CT molecular complexity index is 536. The summed E-state index contributed by atoms with van der Waals surface area (Å²) in [6.45, 7) is 0. The first-order valence-corrected chi connectivity index (χ1v) is 6.27. The van der Waals surface area contributed by atoms with Gasteiger partial charge in [0.1, 0.15) is 0 Å². The Labute approximate surface area is 113 Å². The molecule has 1 amide bonds. The number of nitrogens with one attached hydrogen (secondary N) is 1. The first kappa shape index (κ1) is 14.6. The molecule has 1 saturated carbocycles. The fourth-order valence-electron chi connectivity index (χ4n) is 2.28. The number of phenolic OH excluding ortho intramolecular Hbond substituents is 1. The third-order valence-corrected chi connectivity index (χ3v) is 3.42. The predicted molar refractivity (Wildman–Crippen MR) is 63.7 cm³/mol. The van der Waals surface area contributed by atoms with Crippen molar-refractivity contribution in [2.24, 2.45) is 0 Å². The quantitative estimate of drug-likeness (QED) is 0.728.